The Morgan fingerprint density at radius 3 is 2.73 bits per heavy atom. The molecule has 1 nitrogen and oxygen atoms in total. The van der Waals surface area contributed by atoms with E-state index in [0.29, 0.717) is 0 Å². The fourth-order valence-corrected chi connectivity index (χ4v) is 3.71. The van der Waals surface area contributed by atoms with E-state index in [1.54, 1.807) is 0 Å². The fourth-order valence-electron chi connectivity index (χ4n) is 3.71. The molecule has 0 aromatic carbocycles. The Labute approximate surface area is 94.0 Å². The predicted octanol–water partition coefficient (Wildman–Crippen LogP) is 2.81. The van der Waals surface area contributed by atoms with Gasteiger partial charge in [0.1, 0.15) is 0 Å². The highest BCUT2D eigenvalue weighted by Gasteiger charge is 2.42. The highest BCUT2D eigenvalue weighted by molar-refractivity contribution is 4.99. The molecule has 0 aromatic heterocycles. The zero-order valence-electron chi connectivity index (χ0n) is 10.1. The standard InChI is InChI=1S/C14H23N/c1-3-4-5-6-14(15-2)13-10-11-7-8-12(13)9-11/h11-15H,5-10H2,1-2H3. The summed E-state index contributed by atoms with van der Waals surface area (Å²) in [5.41, 5.74) is 0. The van der Waals surface area contributed by atoms with E-state index in [9.17, 15) is 0 Å². The molecule has 15 heavy (non-hydrogen) atoms. The summed E-state index contributed by atoms with van der Waals surface area (Å²) in [7, 11) is 2.12. The van der Waals surface area contributed by atoms with Crippen molar-refractivity contribution in [1.82, 2.24) is 5.32 Å². The summed E-state index contributed by atoms with van der Waals surface area (Å²) in [5, 5.41) is 3.52. The lowest BCUT2D eigenvalue weighted by Crippen LogP contribution is -2.36. The van der Waals surface area contributed by atoms with Gasteiger partial charge in [0.05, 0.1) is 0 Å². The largest absolute Gasteiger partial charge is 0.317 e. The molecule has 0 radical (unpaired) electrons. The van der Waals surface area contributed by atoms with Crippen LogP contribution < -0.4 is 5.32 Å². The maximum atomic E-state index is 3.52. The Morgan fingerprint density at radius 2 is 2.20 bits per heavy atom. The molecular weight excluding hydrogens is 182 g/mol. The lowest BCUT2D eigenvalue weighted by atomic mass is 9.81. The topological polar surface area (TPSA) is 12.0 Å². The second-order valence-electron chi connectivity index (χ2n) is 5.20. The zero-order chi connectivity index (χ0) is 10.7. The van der Waals surface area contributed by atoms with Crippen molar-refractivity contribution in [3.63, 3.8) is 0 Å². The Hall–Kier alpha value is -0.480. The van der Waals surface area contributed by atoms with Gasteiger partial charge < -0.3 is 5.32 Å². The van der Waals surface area contributed by atoms with Crippen LogP contribution in [-0.4, -0.2) is 13.1 Å². The van der Waals surface area contributed by atoms with E-state index in [1.165, 1.54) is 32.1 Å². The van der Waals surface area contributed by atoms with E-state index in [0.717, 1.165) is 30.2 Å². The summed E-state index contributed by atoms with van der Waals surface area (Å²) in [6.07, 6.45) is 8.30. The summed E-state index contributed by atoms with van der Waals surface area (Å²) < 4.78 is 0. The zero-order valence-corrected chi connectivity index (χ0v) is 10.1. The average Bonchev–Trinajstić information content (AvgIpc) is 2.86. The van der Waals surface area contributed by atoms with Crippen molar-refractivity contribution in [2.45, 2.75) is 51.5 Å². The van der Waals surface area contributed by atoms with Crippen molar-refractivity contribution in [2.75, 3.05) is 7.05 Å². The molecule has 2 rings (SSSR count). The van der Waals surface area contributed by atoms with Crippen LogP contribution in [0.1, 0.15) is 45.4 Å². The number of nitrogens with one attached hydrogen (secondary N) is 1. The number of hydrogen-bond donors (Lipinski definition) is 1. The summed E-state index contributed by atoms with van der Waals surface area (Å²) >= 11 is 0. The molecule has 2 bridgehead atoms. The van der Waals surface area contributed by atoms with Gasteiger partial charge in [-0.1, -0.05) is 6.42 Å². The van der Waals surface area contributed by atoms with E-state index in [2.05, 4.69) is 24.2 Å². The van der Waals surface area contributed by atoms with Crippen LogP contribution >= 0.6 is 0 Å². The van der Waals surface area contributed by atoms with E-state index < -0.39 is 0 Å². The summed E-state index contributed by atoms with van der Waals surface area (Å²) in [4.78, 5) is 0. The summed E-state index contributed by atoms with van der Waals surface area (Å²) in [6.45, 7) is 1.94. The highest BCUT2D eigenvalue weighted by Crippen LogP contribution is 2.49. The summed E-state index contributed by atoms with van der Waals surface area (Å²) in [5.74, 6) is 9.23. The molecule has 0 spiro atoms. The normalized spacial score (nSPS) is 34.9. The highest BCUT2D eigenvalue weighted by atomic mass is 14.9. The van der Waals surface area contributed by atoms with Gasteiger partial charge in [-0.2, -0.15) is 0 Å². The molecule has 2 aliphatic rings. The van der Waals surface area contributed by atoms with Crippen molar-refractivity contribution in [3.05, 3.63) is 0 Å². The monoisotopic (exact) mass is 205 g/mol. The first-order valence-corrected chi connectivity index (χ1v) is 6.42. The van der Waals surface area contributed by atoms with Gasteiger partial charge in [0.15, 0.2) is 0 Å². The third-order valence-electron chi connectivity index (χ3n) is 4.44. The van der Waals surface area contributed by atoms with Crippen LogP contribution in [0.3, 0.4) is 0 Å². The maximum Gasteiger partial charge on any atom is 0.0104 e. The molecule has 4 atom stereocenters. The first-order valence-electron chi connectivity index (χ1n) is 6.42. The third-order valence-corrected chi connectivity index (χ3v) is 4.44. The lowest BCUT2D eigenvalue weighted by molar-refractivity contribution is 0.249. The maximum absolute atomic E-state index is 3.52. The molecule has 0 heterocycles. The smallest absolute Gasteiger partial charge is 0.0104 e. The minimum Gasteiger partial charge on any atom is -0.317 e. The van der Waals surface area contributed by atoms with E-state index in [-0.39, 0.29) is 0 Å². The van der Waals surface area contributed by atoms with Crippen molar-refractivity contribution in [2.24, 2.45) is 17.8 Å². The molecule has 1 heteroatoms. The molecule has 2 saturated carbocycles. The van der Waals surface area contributed by atoms with Gasteiger partial charge in [-0.25, -0.2) is 0 Å². The molecule has 1 N–H and O–H groups in total. The van der Waals surface area contributed by atoms with Crippen LogP contribution in [0, 0.1) is 29.6 Å². The summed E-state index contributed by atoms with van der Waals surface area (Å²) in [6, 6.07) is 0.723. The van der Waals surface area contributed by atoms with Crippen LogP contribution in [0.15, 0.2) is 0 Å². The minimum atomic E-state index is 0.723. The Balaban J connectivity index is 1.85. The van der Waals surface area contributed by atoms with Crippen molar-refractivity contribution < 1.29 is 0 Å². The van der Waals surface area contributed by atoms with Crippen molar-refractivity contribution in [1.29, 1.82) is 0 Å². The Kier molecular flexibility index (Phi) is 3.70. The number of fused-ring (bicyclic) bond motifs is 2. The van der Waals surface area contributed by atoms with E-state index in [1.807, 2.05) is 6.92 Å². The van der Waals surface area contributed by atoms with Gasteiger partial charge in [0, 0.05) is 12.5 Å². The Morgan fingerprint density at radius 1 is 1.33 bits per heavy atom. The van der Waals surface area contributed by atoms with Crippen LogP contribution in [0.5, 0.6) is 0 Å². The molecule has 2 aliphatic carbocycles. The van der Waals surface area contributed by atoms with Gasteiger partial charge in [0.25, 0.3) is 0 Å². The first kappa shape index (κ1) is 11.0. The van der Waals surface area contributed by atoms with Gasteiger partial charge in [0.2, 0.25) is 0 Å². The van der Waals surface area contributed by atoms with Crippen LogP contribution in [-0.2, 0) is 0 Å². The number of rotatable bonds is 4. The molecule has 2 fully saturated rings. The first-order chi connectivity index (χ1) is 7.35. The second-order valence-corrected chi connectivity index (χ2v) is 5.20. The molecule has 4 unspecified atom stereocenters. The van der Waals surface area contributed by atoms with Gasteiger partial charge >= 0.3 is 0 Å². The van der Waals surface area contributed by atoms with Gasteiger partial charge in [-0.3, -0.25) is 0 Å². The molecule has 84 valence electrons. The average molecular weight is 205 g/mol. The second kappa shape index (κ2) is 5.03. The van der Waals surface area contributed by atoms with Crippen molar-refractivity contribution >= 4 is 0 Å². The number of hydrogen-bond acceptors (Lipinski definition) is 1. The molecule has 0 amide bonds. The van der Waals surface area contributed by atoms with Gasteiger partial charge in [-0.05, 0) is 57.4 Å². The van der Waals surface area contributed by atoms with E-state index >= 15 is 0 Å². The van der Waals surface area contributed by atoms with Crippen molar-refractivity contribution in [3.8, 4) is 11.8 Å². The molecule has 0 saturated heterocycles. The quantitative estimate of drug-likeness (QED) is 0.696. The third kappa shape index (κ3) is 2.37. The fraction of sp³-hybridized carbons (Fsp3) is 0.857. The van der Waals surface area contributed by atoms with E-state index in [4.69, 9.17) is 0 Å². The lowest BCUT2D eigenvalue weighted by Gasteiger charge is -2.30. The van der Waals surface area contributed by atoms with Crippen LogP contribution in [0.25, 0.3) is 0 Å². The van der Waals surface area contributed by atoms with Gasteiger partial charge in [-0.15, -0.1) is 11.8 Å². The molecule has 0 aliphatic heterocycles. The minimum absolute atomic E-state index is 0.723. The Bertz CT molecular complexity index is 260. The molecular formula is C14H23N. The molecule has 0 aromatic rings. The van der Waals surface area contributed by atoms with Crippen LogP contribution in [0.4, 0.5) is 0 Å². The van der Waals surface area contributed by atoms with Crippen LogP contribution in [0.2, 0.25) is 0 Å². The predicted molar refractivity (Wildman–Crippen MR) is 64.5 cm³/mol. The SMILES string of the molecule is CC#CCCC(NC)C1CC2CCC1C2.